The van der Waals surface area contributed by atoms with E-state index < -0.39 is 0 Å². The third-order valence-electron chi connectivity index (χ3n) is 2.51. The Bertz CT molecular complexity index is 507. The second-order valence-electron chi connectivity index (χ2n) is 4.69. The molecule has 96 valence electrons. The highest BCUT2D eigenvalue weighted by atomic mass is 32.1. The van der Waals surface area contributed by atoms with Crippen molar-refractivity contribution in [3.63, 3.8) is 0 Å². The molecule has 18 heavy (non-hydrogen) atoms. The smallest absolute Gasteiger partial charge is 0.166 e. The molecule has 1 N–H and O–H groups in total. The lowest BCUT2D eigenvalue weighted by Crippen LogP contribution is -2.18. The topological polar surface area (TPSA) is 50.7 Å². The molecule has 0 saturated carbocycles. The fourth-order valence-corrected chi connectivity index (χ4v) is 2.47. The van der Waals surface area contributed by atoms with Crippen LogP contribution >= 0.6 is 11.3 Å². The fourth-order valence-electron chi connectivity index (χ4n) is 1.60. The Hall–Kier alpha value is -1.33. The predicted molar refractivity (Wildman–Crippen MR) is 74.4 cm³/mol. The maximum Gasteiger partial charge on any atom is 0.166 e. The number of aryl methyl sites for hydroxylation is 1. The van der Waals surface area contributed by atoms with Gasteiger partial charge in [0, 0.05) is 12.7 Å². The van der Waals surface area contributed by atoms with Crippen molar-refractivity contribution in [3.05, 3.63) is 28.9 Å². The van der Waals surface area contributed by atoms with Crippen molar-refractivity contribution >= 4 is 11.3 Å². The summed E-state index contributed by atoms with van der Waals surface area (Å²) in [7, 11) is 0. The SMILES string of the molecule is Cc1cccnc1-c1nnc(CNCC(C)C)s1. The van der Waals surface area contributed by atoms with E-state index in [1.54, 1.807) is 17.5 Å². The lowest BCUT2D eigenvalue weighted by Gasteiger charge is -2.04. The molecule has 0 bridgehead atoms. The molecule has 0 saturated heterocycles. The summed E-state index contributed by atoms with van der Waals surface area (Å²) in [6, 6.07) is 3.98. The molecule has 0 aliphatic carbocycles. The molecular weight excluding hydrogens is 244 g/mol. The van der Waals surface area contributed by atoms with Gasteiger partial charge >= 0.3 is 0 Å². The van der Waals surface area contributed by atoms with E-state index in [2.05, 4.69) is 34.3 Å². The monoisotopic (exact) mass is 262 g/mol. The minimum Gasteiger partial charge on any atom is -0.310 e. The van der Waals surface area contributed by atoms with Gasteiger partial charge in [0.1, 0.15) is 10.7 Å². The quantitative estimate of drug-likeness (QED) is 0.900. The van der Waals surface area contributed by atoms with E-state index in [-0.39, 0.29) is 0 Å². The zero-order valence-electron chi connectivity index (χ0n) is 11.0. The lowest BCUT2D eigenvalue weighted by atomic mass is 10.2. The van der Waals surface area contributed by atoms with Gasteiger partial charge in [-0.15, -0.1) is 10.2 Å². The largest absolute Gasteiger partial charge is 0.310 e. The Morgan fingerprint density at radius 1 is 1.33 bits per heavy atom. The summed E-state index contributed by atoms with van der Waals surface area (Å²) < 4.78 is 0. The van der Waals surface area contributed by atoms with Crippen LogP contribution in [0.25, 0.3) is 10.7 Å². The van der Waals surface area contributed by atoms with E-state index in [9.17, 15) is 0 Å². The standard InChI is InChI=1S/C13H18N4S/c1-9(2)7-14-8-11-16-17-13(18-11)12-10(3)5-4-6-15-12/h4-6,9,14H,7-8H2,1-3H3. The van der Waals surface area contributed by atoms with E-state index in [1.165, 1.54) is 0 Å². The molecule has 0 aliphatic rings. The number of aromatic nitrogens is 3. The first-order valence-electron chi connectivity index (χ1n) is 6.12. The fraction of sp³-hybridized carbons (Fsp3) is 0.462. The molecule has 0 radical (unpaired) electrons. The minimum absolute atomic E-state index is 0.649. The van der Waals surface area contributed by atoms with E-state index in [0.717, 1.165) is 34.4 Å². The Kier molecular flexibility index (Phi) is 4.38. The first kappa shape index (κ1) is 13.1. The van der Waals surface area contributed by atoms with Gasteiger partial charge < -0.3 is 5.32 Å². The van der Waals surface area contributed by atoms with E-state index >= 15 is 0 Å². The second kappa shape index (κ2) is 6.02. The van der Waals surface area contributed by atoms with Gasteiger partial charge in [-0.1, -0.05) is 31.3 Å². The van der Waals surface area contributed by atoms with Gasteiger partial charge in [-0.2, -0.15) is 0 Å². The van der Waals surface area contributed by atoms with Crippen LogP contribution in [0.5, 0.6) is 0 Å². The number of pyridine rings is 1. The van der Waals surface area contributed by atoms with Gasteiger partial charge in [-0.3, -0.25) is 4.98 Å². The molecule has 0 unspecified atom stereocenters. The molecular formula is C13H18N4S. The van der Waals surface area contributed by atoms with Crippen LogP contribution in [-0.4, -0.2) is 21.7 Å². The third kappa shape index (κ3) is 3.34. The van der Waals surface area contributed by atoms with Crippen molar-refractivity contribution in [2.24, 2.45) is 5.92 Å². The molecule has 2 rings (SSSR count). The average molecular weight is 262 g/mol. The highest BCUT2D eigenvalue weighted by molar-refractivity contribution is 7.14. The molecule has 0 atom stereocenters. The Labute approximate surface area is 111 Å². The van der Waals surface area contributed by atoms with Crippen LogP contribution in [0.1, 0.15) is 24.4 Å². The van der Waals surface area contributed by atoms with Crippen molar-refractivity contribution in [1.29, 1.82) is 0 Å². The molecule has 4 nitrogen and oxygen atoms in total. The van der Waals surface area contributed by atoms with Crippen molar-refractivity contribution in [1.82, 2.24) is 20.5 Å². The second-order valence-corrected chi connectivity index (χ2v) is 5.76. The highest BCUT2D eigenvalue weighted by Gasteiger charge is 2.09. The van der Waals surface area contributed by atoms with Crippen LogP contribution in [0.15, 0.2) is 18.3 Å². The molecule has 0 aliphatic heterocycles. The molecule has 0 aromatic carbocycles. The zero-order chi connectivity index (χ0) is 13.0. The number of nitrogens with zero attached hydrogens (tertiary/aromatic N) is 3. The summed E-state index contributed by atoms with van der Waals surface area (Å²) in [5, 5.41) is 13.7. The van der Waals surface area contributed by atoms with Crippen LogP contribution in [0.4, 0.5) is 0 Å². The first-order chi connectivity index (χ1) is 8.66. The number of hydrogen-bond acceptors (Lipinski definition) is 5. The van der Waals surface area contributed by atoms with Crippen LogP contribution in [0.3, 0.4) is 0 Å². The third-order valence-corrected chi connectivity index (χ3v) is 3.44. The molecule has 0 spiro atoms. The normalized spacial score (nSPS) is 11.1. The molecule has 2 aromatic rings. The summed E-state index contributed by atoms with van der Waals surface area (Å²) >= 11 is 1.60. The molecule has 2 aromatic heterocycles. The van der Waals surface area contributed by atoms with Crippen LogP contribution in [-0.2, 0) is 6.54 Å². The Morgan fingerprint density at radius 3 is 2.89 bits per heavy atom. The van der Waals surface area contributed by atoms with Gasteiger partial charge in [0.15, 0.2) is 5.01 Å². The minimum atomic E-state index is 0.649. The summed E-state index contributed by atoms with van der Waals surface area (Å²) in [5.74, 6) is 0.649. The van der Waals surface area contributed by atoms with Gasteiger partial charge in [0.25, 0.3) is 0 Å². The maximum absolute atomic E-state index is 4.36. The highest BCUT2D eigenvalue weighted by Crippen LogP contribution is 2.23. The van der Waals surface area contributed by atoms with Crippen molar-refractivity contribution in [3.8, 4) is 10.7 Å². The maximum atomic E-state index is 4.36. The van der Waals surface area contributed by atoms with E-state index in [4.69, 9.17) is 0 Å². The predicted octanol–water partition coefficient (Wildman–Crippen LogP) is 2.65. The van der Waals surface area contributed by atoms with Gasteiger partial charge in [0.2, 0.25) is 0 Å². The van der Waals surface area contributed by atoms with Crippen molar-refractivity contribution in [2.75, 3.05) is 6.54 Å². The van der Waals surface area contributed by atoms with Crippen LogP contribution in [0, 0.1) is 12.8 Å². The molecule has 0 fully saturated rings. The average Bonchev–Trinajstić information content (AvgIpc) is 2.78. The van der Waals surface area contributed by atoms with Gasteiger partial charge in [-0.25, -0.2) is 0 Å². The molecule has 0 amide bonds. The number of hydrogen-bond donors (Lipinski definition) is 1. The summed E-state index contributed by atoms with van der Waals surface area (Å²) in [5.41, 5.74) is 2.07. The van der Waals surface area contributed by atoms with Gasteiger partial charge in [-0.05, 0) is 31.0 Å². The summed E-state index contributed by atoms with van der Waals surface area (Å²) in [4.78, 5) is 4.36. The van der Waals surface area contributed by atoms with Gasteiger partial charge in [0.05, 0.1) is 0 Å². The van der Waals surface area contributed by atoms with E-state index in [1.807, 2.05) is 19.1 Å². The molecule has 2 heterocycles. The molecule has 5 heteroatoms. The zero-order valence-corrected chi connectivity index (χ0v) is 11.8. The Morgan fingerprint density at radius 2 is 2.17 bits per heavy atom. The summed E-state index contributed by atoms with van der Waals surface area (Å²) in [6.07, 6.45) is 1.79. The van der Waals surface area contributed by atoms with E-state index in [0.29, 0.717) is 5.92 Å². The summed E-state index contributed by atoms with van der Waals surface area (Å²) in [6.45, 7) is 8.20. The van der Waals surface area contributed by atoms with Crippen LogP contribution in [0.2, 0.25) is 0 Å². The van der Waals surface area contributed by atoms with Crippen LogP contribution < -0.4 is 5.32 Å². The van der Waals surface area contributed by atoms with Crippen molar-refractivity contribution < 1.29 is 0 Å². The lowest BCUT2D eigenvalue weighted by molar-refractivity contribution is 0.550. The number of rotatable bonds is 5. The van der Waals surface area contributed by atoms with Crippen molar-refractivity contribution in [2.45, 2.75) is 27.3 Å². The first-order valence-corrected chi connectivity index (χ1v) is 6.93. The number of nitrogens with one attached hydrogen (secondary N) is 1. The Balaban J connectivity index is 2.04.